The minimum atomic E-state index is -2.92. The van der Waals surface area contributed by atoms with Gasteiger partial charge in [-0.1, -0.05) is 0 Å². The summed E-state index contributed by atoms with van der Waals surface area (Å²) in [6, 6.07) is 0. The van der Waals surface area contributed by atoms with Gasteiger partial charge in [-0.15, -0.1) is 11.6 Å². The average Bonchev–Trinajstić information content (AvgIpc) is 2.72. The summed E-state index contributed by atoms with van der Waals surface area (Å²) in [5, 5.41) is 0. The van der Waals surface area contributed by atoms with Gasteiger partial charge in [0.1, 0.15) is 0 Å². The van der Waals surface area contributed by atoms with Crippen LogP contribution in [0.15, 0.2) is 0 Å². The average molecular weight is 301 g/mol. The van der Waals surface area contributed by atoms with Crippen LogP contribution in [0.5, 0.6) is 0 Å². The molecule has 2 saturated heterocycles. The monoisotopic (exact) mass is 300 g/mol. The molecule has 0 saturated carbocycles. The van der Waals surface area contributed by atoms with Crippen molar-refractivity contribution >= 4 is 31.3 Å². The van der Waals surface area contributed by atoms with Crippen molar-refractivity contribution in [2.75, 3.05) is 28.9 Å². The molecule has 0 radical (unpaired) electrons. The van der Waals surface area contributed by atoms with E-state index in [4.69, 9.17) is 11.6 Å². The summed E-state index contributed by atoms with van der Waals surface area (Å²) < 4.78 is 45.8. The van der Waals surface area contributed by atoms with E-state index >= 15 is 0 Å². The summed E-state index contributed by atoms with van der Waals surface area (Å²) in [5.74, 6) is 1.31. The second kappa shape index (κ2) is 4.70. The Balaban J connectivity index is 2.08. The summed E-state index contributed by atoms with van der Waals surface area (Å²) in [7, 11) is -5.83. The standard InChI is InChI=1S/C10H17ClO4S2/c11-5-10(8-1-3-16(12,13)6-8)9-2-4-17(14,15)7-9/h8-10H,1-7H2. The Hall–Kier alpha value is 0.190. The molecule has 2 heterocycles. The lowest BCUT2D eigenvalue weighted by molar-refractivity contribution is 0.292. The van der Waals surface area contributed by atoms with Crippen LogP contribution >= 0.6 is 11.6 Å². The molecule has 4 nitrogen and oxygen atoms in total. The van der Waals surface area contributed by atoms with Gasteiger partial charge in [-0.2, -0.15) is 0 Å². The largest absolute Gasteiger partial charge is 0.229 e. The van der Waals surface area contributed by atoms with Crippen LogP contribution in [0.1, 0.15) is 12.8 Å². The minimum absolute atomic E-state index is 0.0335. The molecule has 0 bridgehead atoms. The van der Waals surface area contributed by atoms with E-state index in [1.165, 1.54) is 0 Å². The van der Waals surface area contributed by atoms with Gasteiger partial charge in [-0.3, -0.25) is 0 Å². The topological polar surface area (TPSA) is 68.3 Å². The number of alkyl halides is 1. The molecule has 0 aromatic rings. The first kappa shape index (κ1) is 13.6. The zero-order valence-electron chi connectivity index (χ0n) is 9.51. The van der Waals surface area contributed by atoms with E-state index in [0.717, 1.165) is 0 Å². The fraction of sp³-hybridized carbons (Fsp3) is 1.00. The van der Waals surface area contributed by atoms with Gasteiger partial charge in [0, 0.05) is 5.88 Å². The Labute approximate surface area is 108 Å². The molecule has 2 rings (SSSR count). The van der Waals surface area contributed by atoms with Crippen molar-refractivity contribution in [2.24, 2.45) is 17.8 Å². The summed E-state index contributed by atoms with van der Waals surface area (Å²) in [6.07, 6.45) is 1.27. The second-order valence-electron chi connectivity index (χ2n) is 5.14. The van der Waals surface area contributed by atoms with E-state index in [1.54, 1.807) is 0 Å². The van der Waals surface area contributed by atoms with Crippen LogP contribution in [0.2, 0.25) is 0 Å². The van der Waals surface area contributed by atoms with Crippen LogP contribution in [-0.4, -0.2) is 45.7 Å². The zero-order chi connectivity index (χ0) is 12.7. The quantitative estimate of drug-likeness (QED) is 0.720. The lowest BCUT2D eigenvalue weighted by atomic mass is 9.82. The number of hydrogen-bond donors (Lipinski definition) is 0. The Morgan fingerprint density at radius 2 is 1.35 bits per heavy atom. The lowest BCUT2D eigenvalue weighted by Crippen LogP contribution is -2.27. The molecule has 0 aromatic heterocycles. The fourth-order valence-electron chi connectivity index (χ4n) is 2.96. The van der Waals surface area contributed by atoms with Crippen molar-refractivity contribution in [1.29, 1.82) is 0 Å². The molecule has 0 amide bonds. The van der Waals surface area contributed by atoms with Gasteiger partial charge in [0.05, 0.1) is 23.0 Å². The Morgan fingerprint density at radius 3 is 1.59 bits per heavy atom. The molecule has 2 fully saturated rings. The van der Waals surface area contributed by atoms with Gasteiger partial charge >= 0.3 is 0 Å². The molecule has 0 spiro atoms. The van der Waals surface area contributed by atoms with Gasteiger partial charge in [-0.05, 0) is 30.6 Å². The number of sulfone groups is 2. The summed E-state index contributed by atoms with van der Waals surface area (Å²) >= 11 is 5.92. The first-order valence-corrected chi connectivity index (χ1v) is 9.97. The third-order valence-electron chi connectivity index (χ3n) is 3.92. The van der Waals surface area contributed by atoms with E-state index in [2.05, 4.69) is 0 Å². The highest BCUT2D eigenvalue weighted by Crippen LogP contribution is 2.36. The molecular formula is C10H17ClO4S2. The summed E-state index contributed by atoms with van der Waals surface area (Å²) in [5.41, 5.74) is 0. The van der Waals surface area contributed by atoms with Gasteiger partial charge in [0.25, 0.3) is 0 Å². The second-order valence-corrected chi connectivity index (χ2v) is 9.91. The van der Waals surface area contributed by atoms with Gasteiger partial charge < -0.3 is 0 Å². The molecule has 2 aliphatic heterocycles. The first-order valence-electron chi connectivity index (χ1n) is 5.80. The molecule has 0 N–H and O–H groups in total. The summed E-state index contributed by atoms with van der Waals surface area (Å²) in [6.45, 7) is 0. The van der Waals surface area contributed by atoms with E-state index in [0.29, 0.717) is 18.7 Å². The highest BCUT2D eigenvalue weighted by molar-refractivity contribution is 7.91. The van der Waals surface area contributed by atoms with Crippen molar-refractivity contribution in [3.05, 3.63) is 0 Å². The molecule has 17 heavy (non-hydrogen) atoms. The van der Waals surface area contributed by atoms with Crippen LogP contribution in [-0.2, 0) is 19.7 Å². The molecule has 2 unspecified atom stereocenters. The fourth-order valence-corrected chi connectivity index (χ4v) is 7.25. The Bertz CT molecular complexity index is 438. The van der Waals surface area contributed by atoms with E-state index in [9.17, 15) is 16.8 Å². The lowest BCUT2D eigenvalue weighted by Gasteiger charge is -2.25. The van der Waals surface area contributed by atoms with E-state index in [1.807, 2.05) is 0 Å². The highest BCUT2D eigenvalue weighted by atomic mass is 35.5. The molecule has 0 aliphatic carbocycles. The third kappa shape index (κ3) is 3.15. The molecule has 2 aliphatic rings. The summed E-state index contributed by atoms with van der Waals surface area (Å²) in [4.78, 5) is 0. The van der Waals surface area contributed by atoms with Crippen molar-refractivity contribution in [3.8, 4) is 0 Å². The van der Waals surface area contributed by atoms with E-state index < -0.39 is 19.7 Å². The third-order valence-corrected chi connectivity index (χ3v) is 7.87. The zero-order valence-corrected chi connectivity index (χ0v) is 11.9. The molecular weight excluding hydrogens is 284 g/mol. The minimum Gasteiger partial charge on any atom is -0.229 e. The first-order chi connectivity index (χ1) is 7.83. The van der Waals surface area contributed by atoms with Crippen molar-refractivity contribution in [3.63, 3.8) is 0 Å². The maximum atomic E-state index is 11.4. The Kier molecular flexibility index (Phi) is 3.77. The smallest absolute Gasteiger partial charge is 0.150 e. The highest BCUT2D eigenvalue weighted by Gasteiger charge is 2.41. The number of halogens is 1. The molecule has 100 valence electrons. The van der Waals surface area contributed by atoms with Crippen LogP contribution in [0.4, 0.5) is 0 Å². The maximum absolute atomic E-state index is 11.4. The van der Waals surface area contributed by atoms with Crippen LogP contribution < -0.4 is 0 Å². The normalized spacial score (nSPS) is 37.0. The number of rotatable bonds is 3. The van der Waals surface area contributed by atoms with Gasteiger partial charge in [0.2, 0.25) is 0 Å². The molecule has 0 aromatic carbocycles. The van der Waals surface area contributed by atoms with Crippen LogP contribution in [0.25, 0.3) is 0 Å². The van der Waals surface area contributed by atoms with Crippen LogP contribution in [0, 0.1) is 17.8 Å². The van der Waals surface area contributed by atoms with Crippen molar-refractivity contribution in [1.82, 2.24) is 0 Å². The SMILES string of the molecule is O=S1(=O)CCC(C(CCl)C2CCS(=O)(=O)C2)C1. The van der Waals surface area contributed by atoms with Crippen molar-refractivity contribution in [2.45, 2.75) is 12.8 Å². The maximum Gasteiger partial charge on any atom is 0.150 e. The Morgan fingerprint density at radius 1 is 0.941 bits per heavy atom. The predicted octanol–water partition coefficient (Wildman–Crippen LogP) is 0.711. The predicted molar refractivity (Wildman–Crippen MR) is 67.7 cm³/mol. The van der Waals surface area contributed by atoms with Crippen molar-refractivity contribution < 1.29 is 16.8 Å². The van der Waals surface area contributed by atoms with E-state index in [-0.39, 0.29) is 40.8 Å². The molecule has 7 heteroatoms. The van der Waals surface area contributed by atoms with Crippen LogP contribution in [0.3, 0.4) is 0 Å². The molecule has 2 atom stereocenters. The number of hydrogen-bond acceptors (Lipinski definition) is 4. The van der Waals surface area contributed by atoms with Gasteiger partial charge in [-0.25, -0.2) is 16.8 Å². The van der Waals surface area contributed by atoms with Gasteiger partial charge in [0.15, 0.2) is 19.7 Å².